The second kappa shape index (κ2) is 5.49. The van der Waals surface area contributed by atoms with Crippen LogP contribution in [0.25, 0.3) is 0 Å². The summed E-state index contributed by atoms with van der Waals surface area (Å²) in [4.78, 5) is 4.08. The molecule has 0 aliphatic rings. The Morgan fingerprint density at radius 1 is 1.41 bits per heavy atom. The molecular weight excluding hydrogens is 259 g/mol. The Bertz CT molecular complexity index is 484. The molecule has 1 aromatic carbocycles. The number of H-pyrrole nitrogens is 1. The molecule has 1 heterocycles. The molecule has 0 spiro atoms. The highest BCUT2D eigenvalue weighted by Crippen LogP contribution is 2.21. The number of aromatic amines is 1. The highest BCUT2D eigenvalue weighted by molar-refractivity contribution is 6.35. The number of nitrogens with one attached hydrogen (secondary N) is 2. The maximum Gasteiger partial charge on any atom is 0.141 e. The van der Waals surface area contributed by atoms with Crippen LogP contribution in [-0.4, -0.2) is 15.2 Å². The molecule has 0 aliphatic carbocycles. The number of hydrogen-bond donors (Lipinski definition) is 2. The van der Waals surface area contributed by atoms with Crippen LogP contribution in [0.4, 0.5) is 0 Å². The number of nitrogens with zero attached hydrogens (tertiary/aromatic N) is 2. The van der Waals surface area contributed by atoms with Crippen molar-refractivity contribution < 1.29 is 0 Å². The Kier molecular flexibility index (Phi) is 3.99. The lowest BCUT2D eigenvalue weighted by Crippen LogP contribution is -2.19. The van der Waals surface area contributed by atoms with Crippen molar-refractivity contribution in [3.63, 3.8) is 0 Å². The molecule has 0 amide bonds. The molecule has 2 rings (SSSR count). The minimum Gasteiger partial charge on any atom is -0.303 e. The monoisotopic (exact) mass is 270 g/mol. The van der Waals surface area contributed by atoms with Crippen LogP contribution in [0.1, 0.15) is 24.4 Å². The quantitative estimate of drug-likeness (QED) is 0.898. The largest absolute Gasteiger partial charge is 0.303 e. The third kappa shape index (κ3) is 3.19. The van der Waals surface area contributed by atoms with Gasteiger partial charge in [0.1, 0.15) is 12.2 Å². The van der Waals surface area contributed by atoms with Crippen molar-refractivity contribution in [2.45, 2.75) is 19.5 Å². The summed E-state index contributed by atoms with van der Waals surface area (Å²) in [6.45, 7) is 2.65. The first-order valence-corrected chi connectivity index (χ1v) is 5.95. The van der Waals surface area contributed by atoms with Gasteiger partial charge in [0.05, 0.1) is 6.04 Å². The van der Waals surface area contributed by atoms with Crippen LogP contribution in [-0.2, 0) is 6.54 Å². The van der Waals surface area contributed by atoms with Gasteiger partial charge in [0.15, 0.2) is 0 Å². The summed E-state index contributed by atoms with van der Waals surface area (Å²) in [5, 5.41) is 11.2. The smallest absolute Gasteiger partial charge is 0.141 e. The molecule has 17 heavy (non-hydrogen) atoms. The third-order valence-electron chi connectivity index (χ3n) is 2.46. The number of rotatable bonds is 4. The minimum atomic E-state index is 0.0873. The first kappa shape index (κ1) is 12.4. The molecule has 6 heteroatoms. The molecular formula is C11H12Cl2N4. The lowest BCUT2D eigenvalue weighted by atomic mass is 10.2. The van der Waals surface area contributed by atoms with E-state index in [1.54, 1.807) is 6.07 Å². The van der Waals surface area contributed by atoms with E-state index in [1.807, 2.05) is 19.1 Å². The highest BCUT2D eigenvalue weighted by Gasteiger charge is 2.08. The molecule has 0 saturated heterocycles. The average molecular weight is 271 g/mol. The van der Waals surface area contributed by atoms with Crippen molar-refractivity contribution in [3.8, 4) is 0 Å². The van der Waals surface area contributed by atoms with E-state index < -0.39 is 0 Å². The Hall–Kier alpha value is -1.10. The Morgan fingerprint density at radius 2 is 2.24 bits per heavy atom. The van der Waals surface area contributed by atoms with Gasteiger partial charge in [-0.3, -0.25) is 5.10 Å². The van der Waals surface area contributed by atoms with Crippen LogP contribution in [0.15, 0.2) is 24.5 Å². The molecule has 0 saturated carbocycles. The zero-order valence-corrected chi connectivity index (χ0v) is 10.8. The lowest BCUT2D eigenvalue weighted by Gasteiger charge is -2.11. The van der Waals surface area contributed by atoms with Crippen molar-refractivity contribution in [3.05, 3.63) is 46.0 Å². The van der Waals surface area contributed by atoms with Crippen molar-refractivity contribution in [2.75, 3.05) is 0 Å². The standard InChI is InChI=1S/C11H12Cl2N4/c1-7(11-15-6-16-17-11)14-5-8-2-3-9(12)4-10(8)13/h2-4,6-7,14H,5H2,1H3,(H,15,16,17). The van der Waals surface area contributed by atoms with E-state index in [1.165, 1.54) is 6.33 Å². The Morgan fingerprint density at radius 3 is 2.88 bits per heavy atom. The molecule has 0 aliphatic heterocycles. The van der Waals surface area contributed by atoms with E-state index in [9.17, 15) is 0 Å². The molecule has 1 unspecified atom stereocenters. The van der Waals surface area contributed by atoms with Crippen LogP contribution in [0.5, 0.6) is 0 Å². The highest BCUT2D eigenvalue weighted by atomic mass is 35.5. The summed E-state index contributed by atoms with van der Waals surface area (Å²) < 4.78 is 0. The predicted molar refractivity (Wildman–Crippen MR) is 68.1 cm³/mol. The van der Waals surface area contributed by atoms with E-state index in [4.69, 9.17) is 23.2 Å². The van der Waals surface area contributed by atoms with Crippen molar-refractivity contribution in [1.29, 1.82) is 0 Å². The molecule has 4 nitrogen and oxygen atoms in total. The summed E-state index contributed by atoms with van der Waals surface area (Å²) >= 11 is 11.9. The third-order valence-corrected chi connectivity index (χ3v) is 3.04. The van der Waals surface area contributed by atoms with E-state index in [0.717, 1.165) is 11.4 Å². The SMILES string of the molecule is CC(NCc1ccc(Cl)cc1Cl)c1ncn[nH]1. The van der Waals surface area contributed by atoms with Gasteiger partial charge in [-0.25, -0.2) is 4.98 Å². The van der Waals surface area contributed by atoms with Gasteiger partial charge < -0.3 is 5.32 Å². The maximum absolute atomic E-state index is 6.08. The van der Waals surface area contributed by atoms with Gasteiger partial charge in [0, 0.05) is 16.6 Å². The van der Waals surface area contributed by atoms with Crippen LogP contribution < -0.4 is 5.32 Å². The Balaban J connectivity index is 1.98. The van der Waals surface area contributed by atoms with Gasteiger partial charge in [-0.1, -0.05) is 29.3 Å². The summed E-state index contributed by atoms with van der Waals surface area (Å²) in [6.07, 6.45) is 1.49. The van der Waals surface area contributed by atoms with E-state index >= 15 is 0 Å². The number of halogens is 2. The second-order valence-corrected chi connectivity index (χ2v) is 4.55. The molecule has 1 atom stereocenters. The fourth-order valence-electron chi connectivity index (χ4n) is 1.45. The van der Waals surface area contributed by atoms with E-state index in [-0.39, 0.29) is 6.04 Å². The maximum atomic E-state index is 6.08. The second-order valence-electron chi connectivity index (χ2n) is 3.71. The van der Waals surface area contributed by atoms with Gasteiger partial charge >= 0.3 is 0 Å². The summed E-state index contributed by atoms with van der Waals surface area (Å²) in [7, 11) is 0. The fourth-order valence-corrected chi connectivity index (χ4v) is 1.92. The molecule has 0 bridgehead atoms. The number of hydrogen-bond acceptors (Lipinski definition) is 3. The van der Waals surface area contributed by atoms with Crippen molar-refractivity contribution in [1.82, 2.24) is 20.5 Å². The summed E-state index contributed by atoms with van der Waals surface area (Å²) in [5.74, 6) is 0.801. The van der Waals surface area contributed by atoms with Gasteiger partial charge in [-0.05, 0) is 24.6 Å². The van der Waals surface area contributed by atoms with Crippen molar-refractivity contribution in [2.24, 2.45) is 0 Å². The zero-order valence-electron chi connectivity index (χ0n) is 9.24. The first-order chi connectivity index (χ1) is 8.16. The van der Waals surface area contributed by atoms with Crippen LogP contribution in [0.2, 0.25) is 10.0 Å². The lowest BCUT2D eigenvalue weighted by molar-refractivity contribution is 0.548. The van der Waals surface area contributed by atoms with E-state index in [0.29, 0.717) is 16.6 Å². The zero-order chi connectivity index (χ0) is 12.3. The van der Waals surface area contributed by atoms with Gasteiger partial charge in [-0.2, -0.15) is 5.10 Å². The van der Waals surface area contributed by atoms with Crippen molar-refractivity contribution >= 4 is 23.2 Å². The van der Waals surface area contributed by atoms with Crippen LogP contribution >= 0.6 is 23.2 Å². The van der Waals surface area contributed by atoms with Crippen LogP contribution in [0.3, 0.4) is 0 Å². The molecule has 90 valence electrons. The average Bonchev–Trinajstić information content (AvgIpc) is 2.81. The van der Waals surface area contributed by atoms with E-state index in [2.05, 4.69) is 20.5 Å². The molecule has 1 aromatic heterocycles. The Labute approximate surface area is 109 Å². The topological polar surface area (TPSA) is 53.6 Å². The van der Waals surface area contributed by atoms with Gasteiger partial charge in [-0.15, -0.1) is 0 Å². The minimum absolute atomic E-state index is 0.0873. The summed E-state index contributed by atoms with van der Waals surface area (Å²) in [5.41, 5.74) is 1.00. The molecule has 0 fully saturated rings. The van der Waals surface area contributed by atoms with Gasteiger partial charge in [0.25, 0.3) is 0 Å². The fraction of sp³-hybridized carbons (Fsp3) is 0.273. The molecule has 0 radical (unpaired) electrons. The number of benzene rings is 1. The molecule has 2 N–H and O–H groups in total. The summed E-state index contributed by atoms with van der Waals surface area (Å²) in [6, 6.07) is 5.55. The van der Waals surface area contributed by atoms with Crippen LogP contribution in [0, 0.1) is 0 Å². The molecule has 2 aromatic rings. The predicted octanol–water partition coefficient (Wildman–Crippen LogP) is 2.96. The number of aromatic nitrogens is 3. The van der Waals surface area contributed by atoms with Gasteiger partial charge in [0.2, 0.25) is 0 Å². The normalized spacial score (nSPS) is 12.6. The first-order valence-electron chi connectivity index (χ1n) is 5.19.